The molecule has 0 atom stereocenters. The van der Waals surface area contributed by atoms with Gasteiger partial charge in [-0.25, -0.2) is 13.5 Å². The van der Waals surface area contributed by atoms with E-state index in [4.69, 9.17) is 0 Å². The molecule has 6 nitrogen and oxygen atoms in total. The molecule has 2 aromatic rings. The van der Waals surface area contributed by atoms with Crippen LogP contribution in [0.5, 0.6) is 0 Å². The van der Waals surface area contributed by atoms with Crippen molar-refractivity contribution in [1.82, 2.24) is 19.9 Å². The number of benzene rings is 1. The number of hydrogen-bond donors (Lipinski definition) is 0. The summed E-state index contributed by atoms with van der Waals surface area (Å²) in [5.41, 5.74) is 0.700. The molecule has 2 heterocycles. The van der Waals surface area contributed by atoms with E-state index in [1.807, 2.05) is 25.7 Å². The van der Waals surface area contributed by atoms with Crippen molar-refractivity contribution < 1.29 is 13.6 Å². The fourth-order valence-electron chi connectivity index (χ4n) is 2.91. The minimum Gasteiger partial charge on any atom is -0.370 e. The van der Waals surface area contributed by atoms with Crippen LogP contribution in [-0.2, 0) is 5.54 Å². The normalized spacial score (nSPS) is 15.9. The Morgan fingerprint density at radius 2 is 1.85 bits per heavy atom. The molecular formula is C18H23F2N5O. The largest absolute Gasteiger partial charge is 0.370 e. The van der Waals surface area contributed by atoms with E-state index in [0.717, 1.165) is 12.5 Å². The SMILES string of the molecule is CC(C)(C)n1cc(C(=O)N2CCCN(c3ccc(F)c(F)c3)CC2)nn1. The first kappa shape index (κ1) is 18.3. The number of amides is 1. The molecule has 1 fully saturated rings. The third-order valence-electron chi connectivity index (χ3n) is 4.45. The van der Waals surface area contributed by atoms with Gasteiger partial charge in [0.25, 0.3) is 5.91 Å². The summed E-state index contributed by atoms with van der Waals surface area (Å²) in [6.07, 6.45) is 2.40. The highest BCUT2D eigenvalue weighted by Crippen LogP contribution is 2.20. The van der Waals surface area contributed by atoms with Crippen molar-refractivity contribution in [3.05, 3.63) is 41.7 Å². The molecule has 140 valence electrons. The van der Waals surface area contributed by atoms with Gasteiger partial charge in [-0.2, -0.15) is 0 Å². The molecule has 1 saturated heterocycles. The lowest BCUT2D eigenvalue weighted by Gasteiger charge is -2.23. The number of anilines is 1. The van der Waals surface area contributed by atoms with Gasteiger partial charge in [-0.3, -0.25) is 4.79 Å². The monoisotopic (exact) mass is 363 g/mol. The number of aromatic nitrogens is 3. The fourth-order valence-corrected chi connectivity index (χ4v) is 2.91. The van der Waals surface area contributed by atoms with Crippen molar-refractivity contribution in [3.63, 3.8) is 0 Å². The molecule has 1 amide bonds. The molecule has 0 N–H and O–H groups in total. The molecule has 0 saturated carbocycles. The third kappa shape index (κ3) is 3.84. The van der Waals surface area contributed by atoms with Crippen LogP contribution in [0, 0.1) is 11.6 Å². The number of nitrogens with zero attached hydrogens (tertiary/aromatic N) is 5. The van der Waals surface area contributed by atoms with E-state index in [0.29, 0.717) is 37.6 Å². The van der Waals surface area contributed by atoms with E-state index in [9.17, 15) is 13.6 Å². The van der Waals surface area contributed by atoms with Gasteiger partial charge in [0.1, 0.15) is 0 Å². The lowest BCUT2D eigenvalue weighted by molar-refractivity contribution is 0.0761. The Morgan fingerprint density at radius 3 is 2.50 bits per heavy atom. The summed E-state index contributed by atoms with van der Waals surface area (Å²) in [5.74, 6) is -1.88. The van der Waals surface area contributed by atoms with Crippen LogP contribution in [0.1, 0.15) is 37.7 Å². The Labute approximate surface area is 151 Å². The van der Waals surface area contributed by atoms with Gasteiger partial charge < -0.3 is 9.80 Å². The molecule has 0 aliphatic carbocycles. The van der Waals surface area contributed by atoms with E-state index in [1.54, 1.807) is 21.8 Å². The third-order valence-corrected chi connectivity index (χ3v) is 4.45. The van der Waals surface area contributed by atoms with E-state index in [-0.39, 0.29) is 11.4 Å². The molecule has 1 aromatic heterocycles. The molecule has 1 aliphatic rings. The predicted octanol–water partition coefficient (Wildman–Crippen LogP) is 2.66. The fraction of sp³-hybridized carbons (Fsp3) is 0.500. The molecule has 0 bridgehead atoms. The number of hydrogen-bond acceptors (Lipinski definition) is 4. The number of halogens is 2. The second-order valence-corrected chi connectivity index (χ2v) is 7.45. The summed E-state index contributed by atoms with van der Waals surface area (Å²) in [6, 6.07) is 3.88. The first-order valence-electron chi connectivity index (χ1n) is 8.68. The highest BCUT2D eigenvalue weighted by molar-refractivity contribution is 5.92. The maximum Gasteiger partial charge on any atom is 0.276 e. The second kappa shape index (κ2) is 7.01. The molecule has 26 heavy (non-hydrogen) atoms. The van der Waals surface area contributed by atoms with Crippen LogP contribution >= 0.6 is 0 Å². The zero-order valence-corrected chi connectivity index (χ0v) is 15.2. The van der Waals surface area contributed by atoms with Gasteiger partial charge in [-0.15, -0.1) is 5.10 Å². The van der Waals surface area contributed by atoms with Crippen LogP contribution in [0.4, 0.5) is 14.5 Å². The van der Waals surface area contributed by atoms with Gasteiger partial charge in [-0.1, -0.05) is 5.21 Å². The summed E-state index contributed by atoms with van der Waals surface area (Å²) in [7, 11) is 0. The number of rotatable bonds is 2. The maximum atomic E-state index is 13.5. The van der Waals surface area contributed by atoms with Crippen molar-refractivity contribution in [1.29, 1.82) is 0 Å². The van der Waals surface area contributed by atoms with Gasteiger partial charge in [-0.05, 0) is 39.3 Å². The summed E-state index contributed by atoms with van der Waals surface area (Å²) in [4.78, 5) is 16.4. The average Bonchev–Trinajstić information content (AvgIpc) is 2.96. The van der Waals surface area contributed by atoms with Gasteiger partial charge >= 0.3 is 0 Å². The van der Waals surface area contributed by atoms with Gasteiger partial charge in [0.05, 0.1) is 11.7 Å². The van der Waals surface area contributed by atoms with Crippen molar-refractivity contribution in [3.8, 4) is 0 Å². The molecule has 1 aromatic carbocycles. The number of carbonyl (C=O) groups excluding carboxylic acids is 1. The topological polar surface area (TPSA) is 54.3 Å². The van der Waals surface area contributed by atoms with Crippen molar-refractivity contribution in [2.75, 3.05) is 31.1 Å². The maximum absolute atomic E-state index is 13.5. The highest BCUT2D eigenvalue weighted by atomic mass is 19.2. The molecule has 0 radical (unpaired) electrons. The molecule has 3 rings (SSSR count). The van der Waals surface area contributed by atoms with E-state index in [2.05, 4.69) is 10.3 Å². The van der Waals surface area contributed by atoms with Gasteiger partial charge in [0.15, 0.2) is 17.3 Å². The minimum absolute atomic E-state index is 0.160. The number of carbonyl (C=O) groups is 1. The molecule has 1 aliphatic heterocycles. The minimum atomic E-state index is -0.863. The predicted molar refractivity (Wildman–Crippen MR) is 94.1 cm³/mol. The summed E-state index contributed by atoms with van der Waals surface area (Å²) >= 11 is 0. The Balaban J connectivity index is 1.69. The van der Waals surface area contributed by atoms with Gasteiger partial charge in [0, 0.05) is 37.9 Å². The van der Waals surface area contributed by atoms with Crippen LogP contribution in [0.25, 0.3) is 0 Å². The zero-order chi connectivity index (χ0) is 18.9. The Kier molecular flexibility index (Phi) is 4.93. The quantitative estimate of drug-likeness (QED) is 0.823. The molecule has 0 unspecified atom stereocenters. The van der Waals surface area contributed by atoms with Crippen molar-refractivity contribution in [2.45, 2.75) is 32.7 Å². The summed E-state index contributed by atoms with van der Waals surface area (Å²) in [6.45, 7) is 8.25. The molecule has 0 spiro atoms. The Bertz CT molecular complexity index is 799. The lowest BCUT2D eigenvalue weighted by Crippen LogP contribution is -2.35. The lowest BCUT2D eigenvalue weighted by atomic mass is 10.1. The molecule has 8 heteroatoms. The van der Waals surface area contributed by atoms with Crippen LogP contribution < -0.4 is 4.90 Å². The second-order valence-electron chi connectivity index (χ2n) is 7.45. The van der Waals surface area contributed by atoms with E-state index >= 15 is 0 Å². The first-order chi connectivity index (χ1) is 12.3. The highest BCUT2D eigenvalue weighted by Gasteiger charge is 2.24. The van der Waals surface area contributed by atoms with Crippen molar-refractivity contribution >= 4 is 11.6 Å². The smallest absolute Gasteiger partial charge is 0.276 e. The standard InChI is InChI=1S/C18H23F2N5O/c1-18(2,3)25-12-16(21-22-25)17(26)24-8-4-7-23(9-10-24)13-5-6-14(19)15(20)11-13/h5-6,11-12H,4,7-10H2,1-3H3. The van der Waals surface area contributed by atoms with E-state index < -0.39 is 11.6 Å². The van der Waals surface area contributed by atoms with Crippen LogP contribution in [0.15, 0.2) is 24.4 Å². The van der Waals surface area contributed by atoms with E-state index in [1.165, 1.54) is 6.07 Å². The van der Waals surface area contributed by atoms with Crippen LogP contribution in [0.2, 0.25) is 0 Å². The first-order valence-corrected chi connectivity index (χ1v) is 8.68. The Hall–Kier alpha value is -2.51. The van der Waals surface area contributed by atoms with Gasteiger partial charge in [0.2, 0.25) is 0 Å². The average molecular weight is 363 g/mol. The van der Waals surface area contributed by atoms with Crippen LogP contribution in [0.3, 0.4) is 0 Å². The van der Waals surface area contributed by atoms with Crippen molar-refractivity contribution in [2.24, 2.45) is 0 Å². The summed E-state index contributed by atoms with van der Waals surface area (Å²) in [5, 5.41) is 8.04. The Morgan fingerprint density at radius 1 is 1.08 bits per heavy atom. The summed E-state index contributed by atoms with van der Waals surface area (Å²) < 4.78 is 28.3. The molecular weight excluding hydrogens is 340 g/mol. The zero-order valence-electron chi connectivity index (χ0n) is 15.2. The van der Waals surface area contributed by atoms with Crippen LogP contribution in [-0.4, -0.2) is 52.0 Å².